The second-order valence-electron chi connectivity index (χ2n) is 5.06. The van der Waals surface area contributed by atoms with Crippen molar-refractivity contribution in [1.82, 2.24) is 4.90 Å². The average Bonchev–Trinajstić information content (AvgIpc) is 2.72. The summed E-state index contributed by atoms with van der Waals surface area (Å²) >= 11 is 0. The van der Waals surface area contributed by atoms with Gasteiger partial charge in [-0.15, -0.1) is 0 Å². The zero-order valence-corrected chi connectivity index (χ0v) is 9.96. The highest BCUT2D eigenvalue weighted by Gasteiger charge is 2.40. The lowest BCUT2D eigenvalue weighted by molar-refractivity contribution is -0.0592. The van der Waals surface area contributed by atoms with Gasteiger partial charge in [0.15, 0.2) is 0 Å². The lowest BCUT2D eigenvalue weighted by atomic mass is 10.1. The van der Waals surface area contributed by atoms with E-state index in [2.05, 4.69) is 29.2 Å². The van der Waals surface area contributed by atoms with Crippen molar-refractivity contribution in [3.8, 4) is 0 Å². The van der Waals surface area contributed by atoms with E-state index in [4.69, 9.17) is 4.74 Å². The van der Waals surface area contributed by atoms with Gasteiger partial charge in [0.05, 0.1) is 18.8 Å². The van der Waals surface area contributed by atoms with E-state index >= 15 is 0 Å². The van der Waals surface area contributed by atoms with Gasteiger partial charge < -0.3 is 9.84 Å². The van der Waals surface area contributed by atoms with Crippen LogP contribution in [0, 0.1) is 0 Å². The molecule has 3 nitrogen and oxygen atoms in total. The number of hydrogen-bond acceptors (Lipinski definition) is 3. The summed E-state index contributed by atoms with van der Waals surface area (Å²) in [5.74, 6) is 0. The summed E-state index contributed by atoms with van der Waals surface area (Å²) in [6, 6.07) is 10.9. The topological polar surface area (TPSA) is 32.7 Å². The van der Waals surface area contributed by atoms with Crippen LogP contribution in [0.15, 0.2) is 30.3 Å². The number of rotatable bonds is 2. The quantitative estimate of drug-likeness (QED) is 0.838. The van der Waals surface area contributed by atoms with Crippen LogP contribution in [-0.4, -0.2) is 41.4 Å². The van der Waals surface area contributed by atoms with Gasteiger partial charge in [0.1, 0.15) is 0 Å². The molecule has 0 radical (unpaired) electrons. The molecule has 1 aromatic rings. The first-order valence-electron chi connectivity index (χ1n) is 6.40. The molecule has 0 spiro atoms. The van der Waals surface area contributed by atoms with E-state index in [0.717, 1.165) is 32.5 Å². The zero-order valence-electron chi connectivity index (χ0n) is 9.96. The Labute approximate surface area is 102 Å². The predicted octanol–water partition coefficient (Wildman–Crippen LogP) is 1.41. The minimum absolute atomic E-state index is 0.179. The molecule has 92 valence electrons. The molecule has 2 fully saturated rings. The minimum Gasteiger partial charge on any atom is -0.393 e. The summed E-state index contributed by atoms with van der Waals surface area (Å²) in [5.41, 5.74) is 1.34. The minimum atomic E-state index is -0.179. The molecule has 3 rings (SSSR count). The van der Waals surface area contributed by atoms with Gasteiger partial charge in [0, 0.05) is 25.6 Å². The maximum atomic E-state index is 9.74. The summed E-state index contributed by atoms with van der Waals surface area (Å²) < 4.78 is 5.74. The Morgan fingerprint density at radius 3 is 2.88 bits per heavy atom. The highest BCUT2D eigenvalue weighted by Crippen LogP contribution is 2.30. The van der Waals surface area contributed by atoms with Crippen molar-refractivity contribution < 1.29 is 9.84 Å². The van der Waals surface area contributed by atoms with Crippen molar-refractivity contribution in [2.45, 2.75) is 37.6 Å². The number of hydrogen-bond donors (Lipinski definition) is 1. The largest absolute Gasteiger partial charge is 0.393 e. The normalized spacial score (nSPS) is 33.6. The third-order valence-electron chi connectivity index (χ3n) is 3.86. The van der Waals surface area contributed by atoms with Gasteiger partial charge in [-0.05, 0) is 12.0 Å². The van der Waals surface area contributed by atoms with E-state index in [1.165, 1.54) is 5.56 Å². The van der Waals surface area contributed by atoms with Crippen molar-refractivity contribution in [1.29, 1.82) is 0 Å². The summed E-state index contributed by atoms with van der Waals surface area (Å²) in [6.07, 6.45) is 1.72. The SMILES string of the molecule is OC1C[C@@H]2OCCN(Cc3ccccc3)[C@H]2C1. The van der Waals surface area contributed by atoms with Crippen molar-refractivity contribution in [3.05, 3.63) is 35.9 Å². The molecule has 0 amide bonds. The van der Waals surface area contributed by atoms with E-state index in [1.54, 1.807) is 0 Å². The van der Waals surface area contributed by atoms with Gasteiger partial charge in [-0.2, -0.15) is 0 Å². The lowest BCUT2D eigenvalue weighted by Crippen LogP contribution is -2.47. The van der Waals surface area contributed by atoms with E-state index in [-0.39, 0.29) is 12.2 Å². The molecule has 1 N–H and O–H groups in total. The first-order chi connectivity index (χ1) is 8.33. The summed E-state index contributed by atoms with van der Waals surface area (Å²) in [4.78, 5) is 2.46. The molecule has 17 heavy (non-hydrogen) atoms. The molecule has 1 aliphatic carbocycles. The molecule has 2 aliphatic rings. The fourth-order valence-electron chi connectivity index (χ4n) is 3.02. The third kappa shape index (κ3) is 2.37. The smallest absolute Gasteiger partial charge is 0.0756 e. The third-order valence-corrected chi connectivity index (χ3v) is 3.86. The highest BCUT2D eigenvalue weighted by atomic mass is 16.5. The summed E-state index contributed by atoms with van der Waals surface area (Å²) in [5, 5.41) is 9.74. The van der Waals surface area contributed by atoms with Gasteiger partial charge in [-0.3, -0.25) is 4.90 Å². The molecule has 1 unspecified atom stereocenters. The van der Waals surface area contributed by atoms with Crippen LogP contribution in [0.25, 0.3) is 0 Å². The van der Waals surface area contributed by atoms with Crippen LogP contribution in [0.1, 0.15) is 18.4 Å². The number of fused-ring (bicyclic) bond motifs is 1. The second-order valence-corrected chi connectivity index (χ2v) is 5.06. The average molecular weight is 233 g/mol. The number of aliphatic hydroxyl groups is 1. The molecule has 3 atom stereocenters. The number of aliphatic hydroxyl groups excluding tert-OH is 1. The lowest BCUT2D eigenvalue weighted by Gasteiger charge is -2.37. The fraction of sp³-hybridized carbons (Fsp3) is 0.571. The first-order valence-corrected chi connectivity index (χ1v) is 6.40. The Bertz CT molecular complexity index is 368. The van der Waals surface area contributed by atoms with Crippen molar-refractivity contribution in [2.24, 2.45) is 0 Å². The van der Waals surface area contributed by atoms with Crippen LogP contribution in [0.4, 0.5) is 0 Å². The Kier molecular flexibility index (Phi) is 3.14. The van der Waals surface area contributed by atoms with Crippen LogP contribution < -0.4 is 0 Å². The Hall–Kier alpha value is -0.900. The molecule has 3 heteroatoms. The highest BCUT2D eigenvalue weighted by molar-refractivity contribution is 5.15. The first kappa shape index (κ1) is 11.2. The molecule has 0 bridgehead atoms. The number of nitrogens with zero attached hydrogens (tertiary/aromatic N) is 1. The molecular formula is C14H19NO2. The molecule has 1 aromatic carbocycles. The van der Waals surface area contributed by atoms with Gasteiger partial charge in [-0.1, -0.05) is 30.3 Å². The Morgan fingerprint density at radius 2 is 2.06 bits per heavy atom. The molecule has 1 saturated heterocycles. The van der Waals surface area contributed by atoms with E-state index < -0.39 is 0 Å². The van der Waals surface area contributed by atoms with E-state index in [0.29, 0.717) is 6.04 Å². The van der Waals surface area contributed by atoms with Gasteiger partial charge >= 0.3 is 0 Å². The second kappa shape index (κ2) is 4.77. The standard InChI is InChI=1S/C14H19NO2/c16-12-8-13-14(9-12)17-7-6-15(13)10-11-4-2-1-3-5-11/h1-5,12-14,16H,6-10H2/t12?,13-,14-/m0/s1. The van der Waals surface area contributed by atoms with Gasteiger partial charge in [0.25, 0.3) is 0 Å². The maximum Gasteiger partial charge on any atom is 0.0756 e. The number of ether oxygens (including phenoxy) is 1. The van der Waals surface area contributed by atoms with E-state index in [9.17, 15) is 5.11 Å². The Morgan fingerprint density at radius 1 is 1.24 bits per heavy atom. The van der Waals surface area contributed by atoms with Crippen molar-refractivity contribution in [2.75, 3.05) is 13.2 Å². The maximum absolute atomic E-state index is 9.74. The van der Waals surface area contributed by atoms with Gasteiger partial charge in [-0.25, -0.2) is 0 Å². The van der Waals surface area contributed by atoms with Crippen LogP contribution >= 0.6 is 0 Å². The predicted molar refractivity (Wildman–Crippen MR) is 65.6 cm³/mol. The van der Waals surface area contributed by atoms with Gasteiger partial charge in [0.2, 0.25) is 0 Å². The van der Waals surface area contributed by atoms with Crippen LogP contribution in [0.3, 0.4) is 0 Å². The fourth-order valence-corrected chi connectivity index (χ4v) is 3.02. The van der Waals surface area contributed by atoms with Crippen LogP contribution in [0.5, 0.6) is 0 Å². The number of morpholine rings is 1. The van der Waals surface area contributed by atoms with Crippen LogP contribution in [0.2, 0.25) is 0 Å². The Balaban J connectivity index is 1.70. The molecular weight excluding hydrogens is 214 g/mol. The summed E-state index contributed by atoms with van der Waals surface area (Å²) in [6.45, 7) is 2.74. The van der Waals surface area contributed by atoms with Crippen molar-refractivity contribution in [3.63, 3.8) is 0 Å². The summed E-state index contributed by atoms with van der Waals surface area (Å²) in [7, 11) is 0. The molecule has 1 heterocycles. The molecule has 0 aromatic heterocycles. The zero-order chi connectivity index (χ0) is 11.7. The van der Waals surface area contributed by atoms with Crippen LogP contribution in [-0.2, 0) is 11.3 Å². The monoisotopic (exact) mass is 233 g/mol. The van der Waals surface area contributed by atoms with E-state index in [1.807, 2.05) is 6.07 Å². The molecule has 1 saturated carbocycles. The van der Waals surface area contributed by atoms with Crippen molar-refractivity contribution >= 4 is 0 Å². The molecule has 1 aliphatic heterocycles. The number of benzene rings is 1.